The van der Waals surface area contributed by atoms with Crippen molar-refractivity contribution in [2.75, 3.05) is 13.1 Å². The number of nitrogens with one attached hydrogen (secondary N) is 1. The first-order valence-corrected chi connectivity index (χ1v) is 8.81. The van der Waals surface area contributed by atoms with Gasteiger partial charge in [0.15, 0.2) is 12.4 Å². The lowest BCUT2D eigenvalue weighted by molar-refractivity contribution is -0.670. The molecule has 1 saturated heterocycles. The van der Waals surface area contributed by atoms with Gasteiger partial charge in [0.25, 0.3) is 0 Å². The van der Waals surface area contributed by atoms with E-state index in [9.17, 15) is 0 Å². The molecule has 0 aromatic carbocycles. The lowest BCUT2D eigenvalue weighted by Crippen LogP contribution is -2.27. The summed E-state index contributed by atoms with van der Waals surface area (Å²) in [6.45, 7) is 2.74. The van der Waals surface area contributed by atoms with Crippen molar-refractivity contribution in [1.82, 2.24) is 14.5 Å². The zero-order chi connectivity index (χ0) is 15.8. The highest BCUT2D eigenvalue weighted by atomic mass is 32.1. The maximum absolute atomic E-state index is 8.31. The molecule has 118 valence electrons. The van der Waals surface area contributed by atoms with Crippen LogP contribution in [0.15, 0.2) is 36.1 Å². The van der Waals surface area contributed by atoms with Crippen molar-refractivity contribution in [3.63, 3.8) is 0 Å². The lowest BCUT2D eigenvalue weighted by atomic mass is 10.3. The molecule has 3 aromatic rings. The summed E-state index contributed by atoms with van der Waals surface area (Å²) in [4.78, 5) is 6.81. The normalized spacial score (nSPS) is 14.7. The monoisotopic (exact) mass is 326 g/mol. The fourth-order valence-electron chi connectivity index (χ4n) is 3.13. The third-order valence-electron chi connectivity index (χ3n) is 4.37. The Morgan fingerprint density at radius 1 is 1.35 bits per heavy atom. The van der Waals surface area contributed by atoms with Gasteiger partial charge in [-0.05, 0) is 18.9 Å². The number of likely N-dealkylation sites (tertiary alicyclic amines) is 1. The zero-order valence-electron chi connectivity index (χ0n) is 13.2. The lowest BCUT2D eigenvalue weighted by Gasteiger charge is -2.16. The van der Waals surface area contributed by atoms with Crippen molar-refractivity contribution in [3.8, 4) is 0 Å². The highest BCUT2D eigenvalue weighted by molar-refractivity contribution is 7.09. The largest absolute Gasteiger partial charge is 0.355 e. The molecule has 0 spiro atoms. The van der Waals surface area contributed by atoms with Gasteiger partial charge in [-0.3, -0.25) is 5.41 Å². The number of amidine groups is 1. The summed E-state index contributed by atoms with van der Waals surface area (Å²) >= 11 is 1.64. The van der Waals surface area contributed by atoms with Crippen molar-refractivity contribution in [1.29, 1.82) is 5.41 Å². The molecule has 0 radical (unpaired) electrons. The zero-order valence-corrected chi connectivity index (χ0v) is 14.0. The Bertz CT molecular complexity index is 857. The fourth-order valence-corrected chi connectivity index (χ4v) is 3.91. The minimum absolute atomic E-state index is 0.578. The quantitative estimate of drug-likeness (QED) is 0.456. The van der Waals surface area contributed by atoms with E-state index in [2.05, 4.69) is 49.7 Å². The van der Waals surface area contributed by atoms with Gasteiger partial charge in [-0.25, -0.2) is 9.55 Å². The SMILES string of the molecule is C[n+]1ccc2c(ccn2Cc2nc(C(=N)N3CCCC3)cs2)c1. The number of aromatic nitrogens is 3. The summed E-state index contributed by atoms with van der Waals surface area (Å²) in [7, 11) is 2.04. The average molecular weight is 326 g/mol. The minimum atomic E-state index is 0.578. The molecule has 1 aliphatic rings. The van der Waals surface area contributed by atoms with E-state index in [0.717, 1.165) is 30.3 Å². The van der Waals surface area contributed by atoms with Crippen LogP contribution < -0.4 is 4.57 Å². The van der Waals surface area contributed by atoms with Gasteiger partial charge in [0.1, 0.15) is 23.6 Å². The van der Waals surface area contributed by atoms with Crippen LogP contribution in [0.1, 0.15) is 23.5 Å². The maximum atomic E-state index is 8.31. The van der Waals surface area contributed by atoms with E-state index in [-0.39, 0.29) is 0 Å². The third-order valence-corrected chi connectivity index (χ3v) is 5.21. The molecule has 0 saturated carbocycles. The highest BCUT2D eigenvalue weighted by Crippen LogP contribution is 2.19. The van der Waals surface area contributed by atoms with Crippen LogP contribution in [0.25, 0.3) is 10.9 Å². The Morgan fingerprint density at radius 3 is 3.00 bits per heavy atom. The predicted molar refractivity (Wildman–Crippen MR) is 92.0 cm³/mol. The molecule has 0 amide bonds. The molecule has 6 heteroatoms. The second kappa shape index (κ2) is 5.77. The first-order valence-electron chi connectivity index (χ1n) is 7.93. The van der Waals surface area contributed by atoms with Crippen molar-refractivity contribution < 1.29 is 4.57 Å². The van der Waals surface area contributed by atoms with Gasteiger partial charge < -0.3 is 9.47 Å². The van der Waals surface area contributed by atoms with Gasteiger partial charge in [-0.15, -0.1) is 11.3 Å². The molecule has 23 heavy (non-hydrogen) atoms. The molecule has 1 fully saturated rings. The van der Waals surface area contributed by atoms with Crippen LogP contribution in [-0.4, -0.2) is 33.4 Å². The second-order valence-electron chi connectivity index (χ2n) is 6.06. The molecule has 3 aromatic heterocycles. The number of thiazole rings is 1. The standard InChI is InChI=1S/C17H20N5S/c1-20-8-5-15-13(10-20)4-9-22(15)11-16-19-14(12-23-16)17(18)21-6-2-3-7-21/h4-5,8-10,12,18H,2-3,6-7,11H2,1H3/q+1. The smallest absolute Gasteiger partial charge is 0.177 e. The van der Waals surface area contributed by atoms with Crippen LogP contribution in [0.5, 0.6) is 0 Å². The van der Waals surface area contributed by atoms with Gasteiger partial charge in [-0.2, -0.15) is 0 Å². The van der Waals surface area contributed by atoms with Crippen LogP contribution in [0.4, 0.5) is 0 Å². The number of rotatable bonds is 3. The molecule has 0 bridgehead atoms. The number of hydrogen-bond donors (Lipinski definition) is 1. The molecular formula is C17H20N5S+. The summed E-state index contributed by atoms with van der Waals surface area (Å²) in [5.41, 5.74) is 2.03. The van der Waals surface area contributed by atoms with E-state index in [1.165, 1.54) is 23.7 Å². The van der Waals surface area contributed by atoms with E-state index in [1.54, 1.807) is 11.3 Å². The van der Waals surface area contributed by atoms with Crippen LogP contribution in [-0.2, 0) is 13.6 Å². The summed E-state index contributed by atoms with van der Waals surface area (Å²) in [5.74, 6) is 0.578. The van der Waals surface area contributed by atoms with Crippen molar-refractivity contribution in [2.24, 2.45) is 7.05 Å². The van der Waals surface area contributed by atoms with Crippen molar-refractivity contribution in [2.45, 2.75) is 19.4 Å². The molecule has 0 atom stereocenters. The van der Waals surface area contributed by atoms with E-state index in [0.29, 0.717) is 5.84 Å². The van der Waals surface area contributed by atoms with E-state index >= 15 is 0 Å². The Morgan fingerprint density at radius 2 is 2.17 bits per heavy atom. The average Bonchev–Trinajstić information content (AvgIpc) is 3.27. The molecule has 5 nitrogen and oxygen atoms in total. The maximum Gasteiger partial charge on any atom is 0.177 e. The molecular weight excluding hydrogens is 306 g/mol. The Labute approximate surface area is 139 Å². The van der Waals surface area contributed by atoms with Gasteiger partial charge >= 0.3 is 0 Å². The first kappa shape index (κ1) is 14.4. The van der Waals surface area contributed by atoms with Crippen LogP contribution in [0, 0.1) is 5.41 Å². The summed E-state index contributed by atoms with van der Waals surface area (Å²) in [6.07, 6.45) is 8.67. The Balaban J connectivity index is 1.55. The predicted octanol–water partition coefficient (Wildman–Crippen LogP) is 2.39. The van der Waals surface area contributed by atoms with E-state index in [4.69, 9.17) is 5.41 Å². The summed E-state index contributed by atoms with van der Waals surface area (Å²) in [6, 6.07) is 4.27. The van der Waals surface area contributed by atoms with Crippen LogP contribution in [0.2, 0.25) is 0 Å². The number of pyridine rings is 1. The van der Waals surface area contributed by atoms with Crippen LogP contribution >= 0.6 is 11.3 Å². The summed E-state index contributed by atoms with van der Waals surface area (Å²) in [5, 5.41) is 12.6. The van der Waals surface area contributed by atoms with Crippen molar-refractivity contribution >= 4 is 28.1 Å². The first-order chi connectivity index (χ1) is 11.2. The number of fused-ring (bicyclic) bond motifs is 1. The van der Waals surface area contributed by atoms with Gasteiger partial charge in [0, 0.05) is 30.7 Å². The van der Waals surface area contributed by atoms with Gasteiger partial charge in [0.2, 0.25) is 0 Å². The van der Waals surface area contributed by atoms with Crippen molar-refractivity contribution in [3.05, 3.63) is 46.8 Å². The van der Waals surface area contributed by atoms with Gasteiger partial charge in [0.05, 0.1) is 17.4 Å². The van der Waals surface area contributed by atoms with E-state index < -0.39 is 0 Å². The molecule has 0 unspecified atom stereocenters. The van der Waals surface area contributed by atoms with Crippen LogP contribution in [0.3, 0.4) is 0 Å². The minimum Gasteiger partial charge on any atom is -0.355 e. The number of aryl methyl sites for hydroxylation is 1. The molecule has 1 N–H and O–H groups in total. The topological polar surface area (TPSA) is 48.8 Å². The Kier molecular flexibility index (Phi) is 3.61. The molecule has 0 aliphatic carbocycles. The molecule has 1 aliphatic heterocycles. The third kappa shape index (κ3) is 2.74. The molecule has 4 rings (SSSR count). The second-order valence-corrected chi connectivity index (χ2v) is 7.01. The fraction of sp³-hybridized carbons (Fsp3) is 0.353. The summed E-state index contributed by atoms with van der Waals surface area (Å²) < 4.78 is 4.28. The highest BCUT2D eigenvalue weighted by Gasteiger charge is 2.18. The Hall–Kier alpha value is -2.21. The van der Waals surface area contributed by atoms with Gasteiger partial charge in [-0.1, -0.05) is 0 Å². The molecule has 4 heterocycles. The number of hydrogen-bond acceptors (Lipinski definition) is 3. The number of nitrogens with zero attached hydrogens (tertiary/aromatic N) is 4. The van der Waals surface area contributed by atoms with E-state index in [1.807, 2.05) is 12.4 Å².